The molecule has 39 heavy (non-hydrogen) atoms. The Morgan fingerprint density at radius 3 is 2.62 bits per heavy atom. The normalized spacial score (nSPS) is 18.3. The van der Waals surface area contributed by atoms with E-state index in [-0.39, 0.29) is 17.8 Å². The van der Waals surface area contributed by atoms with Crippen LogP contribution in [0.15, 0.2) is 72.8 Å². The monoisotopic (exact) mass is 522 g/mol. The van der Waals surface area contributed by atoms with Gasteiger partial charge in [0.25, 0.3) is 11.8 Å². The average molecular weight is 523 g/mol. The minimum atomic E-state index is -0.655. The fourth-order valence-corrected chi connectivity index (χ4v) is 5.71. The first kappa shape index (κ1) is 24.7. The van der Waals surface area contributed by atoms with E-state index in [0.717, 1.165) is 40.6 Å². The Hall–Kier alpha value is -4.59. The van der Waals surface area contributed by atoms with Crippen LogP contribution in [0.3, 0.4) is 0 Å². The minimum absolute atomic E-state index is 0.171. The summed E-state index contributed by atoms with van der Waals surface area (Å²) in [5.74, 6) is 0.230. The Kier molecular flexibility index (Phi) is 6.30. The summed E-state index contributed by atoms with van der Waals surface area (Å²) in [7, 11) is 1.61. The molecule has 3 heterocycles. The van der Waals surface area contributed by atoms with E-state index in [2.05, 4.69) is 17.2 Å². The molecular weight excluding hydrogens is 492 g/mol. The molecule has 4 amide bonds. The number of imide groups is 1. The fraction of sp³-hybridized carbons (Fsp3) is 0.258. The molecule has 3 aromatic carbocycles. The number of carbonyl (C=O) groups is 3. The highest BCUT2D eigenvalue weighted by Crippen LogP contribution is 2.45. The molecule has 2 N–H and O–H groups in total. The smallest absolute Gasteiger partial charge is 0.332 e. The number of unbranched alkanes of at least 4 members (excludes halogenated alkanes) is 1. The molecule has 1 saturated heterocycles. The van der Waals surface area contributed by atoms with E-state index >= 15 is 0 Å². The molecule has 2 unspecified atom stereocenters. The van der Waals surface area contributed by atoms with E-state index in [1.807, 2.05) is 48.5 Å². The van der Waals surface area contributed by atoms with E-state index < -0.39 is 12.1 Å². The molecule has 6 rings (SSSR count). The van der Waals surface area contributed by atoms with Gasteiger partial charge in [0.1, 0.15) is 17.8 Å². The number of nitrogens with zero attached hydrogens (tertiary/aromatic N) is 2. The van der Waals surface area contributed by atoms with Gasteiger partial charge in [0.05, 0.1) is 12.8 Å². The van der Waals surface area contributed by atoms with Crippen molar-refractivity contribution in [2.45, 2.75) is 38.3 Å². The Bertz CT molecular complexity index is 1580. The van der Waals surface area contributed by atoms with Crippen LogP contribution in [-0.4, -0.2) is 47.4 Å². The van der Waals surface area contributed by atoms with Gasteiger partial charge in [-0.1, -0.05) is 43.7 Å². The number of hydrogen-bond donors (Lipinski definition) is 2. The minimum Gasteiger partial charge on any atom is -0.497 e. The molecule has 2 atom stereocenters. The third kappa shape index (κ3) is 4.12. The highest BCUT2D eigenvalue weighted by molar-refractivity contribution is 6.22. The number of aromatic amines is 1. The number of anilines is 1. The summed E-state index contributed by atoms with van der Waals surface area (Å²) in [6, 6.07) is 20.7. The van der Waals surface area contributed by atoms with Crippen molar-refractivity contribution in [1.82, 2.24) is 15.2 Å². The zero-order chi connectivity index (χ0) is 27.1. The molecule has 8 nitrogen and oxygen atoms in total. The zero-order valence-electron chi connectivity index (χ0n) is 21.9. The fourth-order valence-electron chi connectivity index (χ4n) is 5.71. The Labute approximate surface area is 226 Å². The number of carbonyl (C=O) groups excluding carboxylic acids is 3. The van der Waals surface area contributed by atoms with E-state index in [1.54, 1.807) is 36.3 Å². The summed E-state index contributed by atoms with van der Waals surface area (Å²) in [5, 5.41) is 3.95. The molecule has 1 fully saturated rings. The topological polar surface area (TPSA) is 94.7 Å². The van der Waals surface area contributed by atoms with Crippen LogP contribution < -0.4 is 15.0 Å². The lowest BCUT2D eigenvalue weighted by Gasteiger charge is -2.36. The van der Waals surface area contributed by atoms with Crippen LogP contribution in [0.4, 0.5) is 10.5 Å². The average Bonchev–Trinajstić information content (AvgIpc) is 3.46. The maximum atomic E-state index is 14.0. The SMILES string of the molecule is CCCCNC(=O)c1ccc(N2C(=O)C3Cc4c([nH]c5ccccc45)C(c4cccc(OC)c4)N3C2=O)cc1. The molecule has 0 saturated carbocycles. The summed E-state index contributed by atoms with van der Waals surface area (Å²) in [4.78, 5) is 46.8. The summed E-state index contributed by atoms with van der Waals surface area (Å²) in [5.41, 5.74) is 4.71. The van der Waals surface area contributed by atoms with Gasteiger partial charge in [-0.05, 0) is 60.0 Å². The van der Waals surface area contributed by atoms with Crippen LogP contribution in [0, 0.1) is 0 Å². The van der Waals surface area contributed by atoms with Crippen molar-refractivity contribution in [3.8, 4) is 5.75 Å². The van der Waals surface area contributed by atoms with Gasteiger partial charge in [-0.2, -0.15) is 0 Å². The predicted molar refractivity (Wildman–Crippen MR) is 149 cm³/mol. The molecule has 198 valence electrons. The molecule has 1 aromatic heterocycles. The second-order valence-electron chi connectivity index (χ2n) is 9.98. The van der Waals surface area contributed by atoms with Crippen LogP contribution >= 0.6 is 0 Å². The molecule has 2 aliphatic rings. The van der Waals surface area contributed by atoms with Gasteiger partial charge in [-0.15, -0.1) is 0 Å². The molecule has 4 aromatic rings. The van der Waals surface area contributed by atoms with Crippen molar-refractivity contribution in [2.75, 3.05) is 18.6 Å². The summed E-state index contributed by atoms with van der Waals surface area (Å²) in [6.45, 7) is 2.67. The van der Waals surface area contributed by atoms with Crippen LogP contribution in [0.5, 0.6) is 5.75 Å². The number of fused-ring (bicyclic) bond motifs is 4. The van der Waals surface area contributed by atoms with Crippen LogP contribution in [0.25, 0.3) is 10.9 Å². The number of rotatable bonds is 7. The number of benzene rings is 3. The highest BCUT2D eigenvalue weighted by Gasteiger charge is 2.53. The van der Waals surface area contributed by atoms with E-state index in [4.69, 9.17) is 4.74 Å². The van der Waals surface area contributed by atoms with Gasteiger partial charge in [0.2, 0.25) is 0 Å². The van der Waals surface area contributed by atoms with Crippen LogP contribution in [0.2, 0.25) is 0 Å². The summed E-state index contributed by atoms with van der Waals surface area (Å²) in [6.07, 6.45) is 2.31. The molecular formula is C31H30N4O4. The van der Waals surface area contributed by atoms with Gasteiger partial charge < -0.3 is 15.0 Å². The largest absolute Gasteiger partial charge is 0.497 e. The lowest BCUT2D eigenvalue weighted by molar-refractivity contribution is -0.120. The van der Waals surface area contributed by atoms with Crippen molar-refractivity contribution >= 4 is 34.4 Å². The number of aromatic nitrogens is 1. The standard InChI is InChI=1S/C31H30N4O4/c1-3-4-16-32-29(36)19-12-14-21(15-13-19)34-30(37)26-18-24-23-10-5-6-11-25(23)33-27(24)28(35(26)31(34)38)20-8-7-9-22(17-20)39-2/h5-15,17,26,28,33H,3-4,16,18H2,1-2H3,(H,32,36). The maximum Gasteiger partial charge on any atom is 0.332 e. The van der Waals surface area contributed by atoms with Gasteiger partial charge in [0, 0.05) is 35.1 Å². The molecule has 2 aliphatic heterocycles. The first-order valence-corrected chi connectivity index (χ1v) is 13.3. The first-order valence-electron chi connectivity index (χ1n) is 13.3. The lowest BCUT2D eigenvalue weighted by atomic mass is 9.89. The molecule has 0 bridgehead atoms. The van der Waals surface area contributed by atoms with Gasteiger partial charge in [-0.25, -0.2) is 9.69 Å². The summed E-state index contributed by atoms with van der Waals surface area (Å²) >= 11 is 0. The Morgan fingerprint density at radius 1 is 1.05 bits per heavy atom. The number of amides is 4. The number of hydrogen-bond acceptors (Lipinski definition) is 4. The van der Waals surface area contributed by atoms with Gasteiger partial charge >= 0.3 is 6.03 Å². The number of nitrogens with one attached hydrogen (secondary N) is 2. The lowest BCUT2D eigenvalue weighted by Crippen LogP contribution is -2.44. The zero-order valence-corrected chi connectivity index (χ0v) is 21.9. The van der Waals surface area contributed by atoms with Crippen molar-refractivity contribution < 1.29 is 19.1 Å². The molecule has 0 spiro atoms. The van der Waals surface area contributed by atoms with Crippen molar-refractivity contribution in [3.05, 3.63) is 95.2 Å². The predicted octanol–water partition coefficient (Wildman–Crippen LogP) is 5.19. The van der Waals surface area contributed by atoms with E-state index in [9.17, 15) is 14.4 Å². The second kappa shape index (κ2) is 9.94. The maximum absolute atomic E-state index is 14.0. The Balaban J connectivity index is 1.39. The van der Waals surface area contributed by atoms with E-state index in [0.29, 0.717) is 30.0 Å². The number of ether oxygens (including phenoxy) is 1. The second-order valence-corrected chi connectivity index (χ2v) is 9.98. The number of urea groups is 1. The number of H-pyrrole nitrogens is 1. The third-order valence-electron chi connectivity index (χ3n) is 7.66. The highest BCUT2D eigenvalue weighted by atomic mass is 16.5. The van der Waals surface area contributed by atoms with Crippen molar-refractivity contribution in [1.29, 1.82) is 0 Å². The quantitative estimate of drug-likeness (QED) is 0.258. The van der Waals surface area contributed by atoms with Crippen molar-refractivity contribution in [2.24, 2.45) is 0 Å². The van der Waals surface area contributed by atoms with Crippen LogP contribution in [-0.2, 0) is 11.2 Å². The van der Waals surface area contributed by atoms with Gasteiger partial charge in [-0.3, -0.25) is 14.5 Å². The summed E-state index contributed by atoms with van der Waals surface area (Å²) < 4.78 is 5.48. The molecule has 8 heteroatoms. The van der Waals surface area contributed by atoms with E-state index in [1.165, 1.54) is 4.90 Å². The van der Waals surface area contributed by atoms with Crippen molar-refractivity contribution in [3.63, 3.8) is 0 Å². The third-order valence-corrected chi connectivity index (χ3v) is 7.66. The number of para-hydroxylation sites is 1. The molecule has 0 aliphatic carbocycles. The number of methoxy groups -OCH3 is 1. The first-order chi connectivity index (χ1) is 19.0. The Morgan fingerprint density at radius 2 is 1.85 bits per heavy atom. The molecule has 0 radical (unpaired) electrons. The van der Waals surface area contributed by atoms with Crippen LogP contribution in [0.1, 0.15) is 53.0 Å². The van der Waals surface area contributed by atoms with Gasteiger partial charge in [0.15, 0.2) is 0 Å².